The number of carboxylic acid groups (broad SMARTS) is 1. The largest absolute Gasteiger partial charge is 0.492 e. The Kier molecular flexibility index (Phi) is 6.03. The summed E-state index contributed by atoms with van der Waals surface area (Å²) in [5, 5.41) is 8.83. The monoisotopic (exact) mass is 279 g/mol. The summed E-state index contributed by atoms with van der Waals surface area (Å²) in [5.41, 5.74) is 0.620. The molecular weight excluding hydrogens is 258 g/mol. The highest BCUT2D eigenvalue weighted by Gasteiger charge is 2.22. The Morgan fingerprint density at radius 3 is 2.50 bits per heavy atom. The lowest BCUT2D eigenvalue weighted by Gasteiger charge is -2.26. The van der Waals surface area contributed by atoms with Crippen LogP contribution in [0.25, 0.3) is 0 Å². The number of carboxylic acids is 1. The van der Waals surface area contributed by atoms with Gasteiger partial charge in [0.05, 0.1) is 18.7 Å². The van der Waals surface area contributed by atoms with Crippen LogP contribution in [-0.2, 0) is 9.59 Å². The second-order valence-corrected chi connectivity index (χ2v) is 4.69. The Labute approximate surface area is 119 Å². The molecule has 5 nitrogen and oxygen atoms in total. The third-order valence-corrected chi connectivity index (χ3v) is 2.77. The average molecular weight is 279 g/mol. The topological polar surface area (TPSA) is 66.8 Å². The predicted molar refractivity (Wildman–Crippen MR) is 77.1 cm³/mol. The Bertz CT molecular complexity index is 471. The van der Waals surface area contributed by atoms with Crippen LogP contribution in [0.15, 0.2) is 24.3 Å². The minimum atomic E-state index is -0.930. The van der Waals surface area contributed by atoms with Gasteiger partial charge < -0.3 is 14.7 Å². The van der Waals surface area contributed by atoms with Gasteiger partial charge in [-0.1, -0.05) is 26.0 Å². The molecule has 0 aliphatic rings. The second-order valence-electron chi connectivity index (χ2n) is 4.69. The third kappa shape index (κ3) is 4.26. The van der Waals surface area contributed by atoms with Crippen molar-refractivity contribution in [1.29, 1.82) is 0 Å². The summed E-state index contributed by atoms with van der Waals surface area (Å²) < 4.78 is 5.51. The molecule has 0 spiro atoms. The van der Waals surface area contributed by atoms with Gasteiger partial charge in [-0.15, -0.1) is 0 Å². The number of hydrogen-bond acceptors (Lipinski definition) is 3. The minimum absolute atomic E-state index is 0.0983. The van der Waals surface area contributed by atoms with Gasteiger partial charge in [0.1, 0.15) is 5.75 Å². The van der Waals surface area contributed by atoms with Crippen molar-refractivity contribution in [2.24, 2.45) is 5.92 Å². The standard InChI is InChI=1S/C15H21NO4/c1-4-20-13-8-6-5-7-12(13)16(10-9-14(17)18)15(19)11(2)3/h5-8,11H,4,9-10H2,1-3H3,(H,17,18). The maximum Gasteiger partial charge on any atom is 0.305 e. The van der Waals surface area contributed by atoms with Gasteiger partial charge in [-0.2, -0.15) is 0 Å². The molecule has 0 unspecified atom stereocenters. The van der Waals surface area contributed by atoms with E-state index in [1.807, 2.05) is 13.0 Å². The van der Waals surface area contributed by atoms with Crippen molar-refractivity contribution in [1.82, 2.24) is 0 Å². The molecule has 110 valence electrons. The Hall–Kier alpha value is -2.04. The number of anilines is 1. The molecule has 0 fully saturated rings. The molecule has 20 heavy (non-hydrogen) atoms. The zero-order chi connectivity index (χ0) is 15.1. The SMILES string of the molecule is CCOc1ccccc1N(CCC(=O)O)C(=O)C(C)C. The van der Waals surface area contributed by atoms with E-state index in [0.29, 0.717) is 18.0 Å². The molecule has 1 rings (SSSR count). The third-order valence-electron chi connectivity index (χ3n) is 2.77. The molecule has 0 atom stereocenters. The number of amides is 1. The van der Waals surface area contributed by atoms with E-state index >= 15 is 0 Å². The van der Waals surface area contributed by atoms with Crippen LogP contribution in [0.3, 0.4) is 0 Å². The molecule has 0 aliphatic carbocycles. The number of aliphatic carboxylic acids is 1. The summed E-state index contributed by atoms with van der Waals surface area (Å²) in [6.07, 6.45) is -0.0983. The summed E-state index contributed by atoms with van der Waals surface area (Å²) in [6, 6.07) is 7.18. The average Bonchev–Trinajstić information content (AvgIpc) is 2.40. The number of nitrogens with zero attached hydrogens (tertiary/aromatic N) is 1. The van der Waals surface area contributed by atoms with Gasteiger partial charge >= 0.3 is 5.97 Å². The predicted octanol–water partition coefficient (Wildman–Crippen LogP) is 2.55. The Balaban J connectivity index is 3.08. The van der Waals surface area contributed by atoms with Gasteiger partial charge in [0.2, 0.25) is 5.91 Å². The molecule has 1 N–H and O–H groups in total. The van der Waals surface area contributed by atoms with Gasteiger partial charge in [0.15, 0.2) is 0 Å². The number of hydrogen-bond donors (Lipinski definition) is 1. The van der Waals surface area contributed by atoms with Crippen LogP contribution in [0.2, 0.25) is 0 Å². The Morgan fingerprint density at radius 2 is 1.95 bits per heavy atom. The fraction of sp³-hybridized carbons (Fsp3) is 0.467. The summed E-state index contributed by atoms with van der Waals surface area (Å²) in [5.74, 6) is -0.660. The lowest BCUT2D eigenvalue weighted by atomic mass is 10.1. The highest BCUT2D eigenvalue weighted by molar-refractivity contribution is 5.96. The van der Waals surface area contributed by atoms with Crippen molar-refractivity contribution in [3.8, 4) is 5.75 Å². The van der Waals surface area contributed by atoms with Gasteiger partial charge in [-0.25, -0.2) is 0 Å². The van der Waals surface area contributed by atoms with E-state index in [0.717, 1.165) is 0 Å². The molecule has 0 heterocycles. The molecule has 0 aliphatic heterocycles. The van der Waals surface area contributed by atoms with Crippen molar-refractivity contribution >= 4 is 17.6 Å². The summed E-state index contributed by atoms with van der Waals surface area (Å²) >= 11 is 0. The fourth-order valence-electron chi connectivity index (χ4n) is 1.83. The molecule has 0 saturated carbocycles. The van der Waals surface area contributed by atoms with E-state index in [1.165, 1.54) is 4.90 Å². The lowest BCUT2D eigenvalue weighted by Crippen LogP contribution is -2.36. The van der Waals surface area contributed by atoms with Crippen molar-refractivity contribution in [3.05, 3.63) is 24.3 Å². The summed E-state index contributed by atoms with van der Waals surface area (Å²) in [4.78, 5) is 24.5. The molecule has 0 bridgehead atoms. The highest BCUT2D eigenvalue weighted by Crippen LogP contribution is 2.29. The van der Waals surface area contributed by atoms with Crippen molar-refractivity contribution < 1.29 is 19.4 Å². The van der Waals surface area contributed by atoms with Crippen molar-refractivity contribution in [2.75, 3.05) is 18.1 Å². The Morgan fingerprint density at radius 1 is 1.30 bits per heavy atom. The number of benzene rings is 1. The van der Waals surface area contributed by atoms with Gasteiger partial charge in [-0.05, 0) is 19.1 Å². The normalized spacial score (nSPS) is 10.4. The molecule has 1 aromatic carbocycles. The van der Waals surface area contributed by atoms with Crippen LogP contribution in [-0.4, -0.2) is 30.1 Å². The number of carbonyl (C=O) groups excluding carboxylic acids is 1. The van der Waals surface area contributed by atoms with E-state index in [2.05, 4.69) is 0 Å². The smallest absolute Gasteiger partial charge is 0.305 e. The molecule has 5 heteroatoms. The van der Waals surface area contributed by atoms with Crippen LogP contribution in [0.4, 0.5) is 5.69 Å². The van der Waals surface area contributed by atoms with Gasteiger partial charge in [-0.3, -0.25) is 9.59 Å². The number of ether oxygens (including phenoxy) is 1. The first-order valence-corrected chi connectivity index (χ1v) is 6.72. The van der Waals surface area contributed by atoms with Crippen LogP contribution in [0, 0.1) is 5.92 Å². The second kappa shape index (κ2) is 7.53. The number of rotatable bonds is 7. The first-order chi connectivity index (χ1) is 9.47. The van der Waals surface area contributed by atoms with E-state index < -0.39 is 5.97 Å². The van der Waals surface area contributed by atoms with Crippen LogP contribution < -0.4 is 9.64 Å². The zero-order valence-electron chi connectivity index (χ0n) is 12.1. The summed E-state index contributed by atoms with van der Waals surface area (Å²) in [6.45, 7) is 6.07. The maximum absolute atomic E-state index is 12.3. The van der Waals surface area contributed by atoms with E-state index in [4.69, 9.17) is 9.84 Å². The van der Waals surface area contributed by atoms with Gasteiger partial charge in [0, 0.05) is 12.5 Å². The highest BCUT2D eigenvalue weighted by atomic mass is 16.5. The maximum atomic E-state index is 12.3. The first-order valence-electron chi connectivity index (χ1n) is 6.72. The van der Waals surface area contributed by atoms with Crippen molar-refractivity contribution in [3.63, 3.8) is 0 Å². The fourth-order valence-corrected chi connectivity index (χ4v) is 1.83. The van der Waals surface area contributed by atoms with Gasteiger partial charge in [0.25, 0.3) is 0 Å². The molecule has 0 radical (unpaired) electrons. The van der Waals surface area contributed by atoms with Crippen LogP contribution in [0.1, 0.15) is 27.2 Å². The molecule has 0 aromatic heterocycles. The van der Waals surface area contributed by atoms with E-state index in [1.54, 1.807) is 32.0 Å². The van der Waals surface area contributed by atoms with E-state index in [9.17, 15) is 9.59 Å². The minimum Gasteiger partial charge on any atom is -0.492 e. The summed E-state index contributed by atoms with van der Waals surface area (Å²) in [7, 11) is 0. The zero-order valence-corrected chi connectivity index (χ0v) is 12.1. The quantitative estimate of drug-likeness (QED) is 0.833. The lowest BCUT2D eigenvalue weighted by molar-refractivity contribution is -0.136. The molecule has 0 saturated heterocycles. The first kappa shape index (κ1) is 16.0. The number of para-hydroxylation sites is 2. The molecule has 1 amide bonds. The van der Waals surface area contributed by atoms with Crippen molar-refractivity contribution in [2.45, 2.75) is 27.2 Å². The molecular formula is C15H21NO4. The van der Waals surface area contributed by atoms with E-state index in [-0.39, 0.29) is 24.8 Å². The molecule has 1 aromatic rings. The van der Waals surface area contributed by atoms with Crippen LogP contribution in [0.5, 0.6) is 5.75 Å². The van der Waals surface area contributed by atoms with Crippen LogP contribution >= 0.6 is 0 Å². The number of carbonyl (C=O) groups is 2.